The molecule has 0 aliphatic heterocycles. The largest absolute Gasteiger partial charge is 0.484 e. The summed E-state index contributed by atoms with van der Waals surface area (Å²) in [6.45, 7) is 3.06. The number of nitrogens with zero attached hydrogens (tertiary/aromatic N) is 1. The van der Waals surface area contributed by atoms with Gasteiger partial charge in [-0.2, -0.15) is 5.26 Å². The van der Waals surface area contributed by atoms with Crippen molar-refractivity contribution in [3.63, 3.8) is 0 Å². The van der Waals surface area contributed by atoms with Crippen molar-refractivity contribution in [3.05, 3.63) is 29.8 Å². The molecule has 0 aromatic heterocycles. The minimum atomic E-state index is -0.972. The number of carbonyl (C=O) groups excluding carboxylic acids is 3. The van der Waals surface area contributed by atoms with Gasteiger partial charge in [0.05, 0.1) is 11.6 Å². The molecule has 0 aliphatic carbocycles. The van der Waals surface area contributed by atoms with Gasteiger partial charge in [-0.15, -0.1) is 0 Å². The van der Waals surface area contributed by atoms with Gasteiger partial charge in [-0.05, 0) is 38.1 Å². The number of nitrogens with one attached hydrogen (secondary N) is 3. The number of benzene rings is 1. The van der Waals surface area contributed by atoms with Crippen LogP contribution in [0.2, 0.25) is 0 Å². The van der Waals surface area contributed by atoms with Crippen LogP contribution in [0.4, 0.5) is 0 Å². The van der Waals surface area contributed by atoms with Crippen LogP contribution in [0, 0.1) is 11.3 Å². The summed E-state index contributed by atoms with van der Waals surface area (Å²) in [7, 11) is 0. The van der Waals surface area contributed by atoms with Crippen LogP contribution in [-0.4, -0.2) is 30.4 Å². The minimum Gasteiger partial charge on any atom is -0.484 e. The Hall–Kier alpha value is -3.08. The number of hydrogen-bond donors (Lipinski definition) is 3. The van der Waals surface area contributed by atoms with Gasteiger partial charge >= 0.3 is 11.8 Å². The molecule has 3 amide bonds. The van der Waals surface area contributed by atoms with Crippen LogP contribution >= 0.6 is 0 Å². The Morgan fingerprint density at radius 3 is 2.32 bits per heavy atom. The van der Waals surface area contributed by atoms with E-state index in [9.17, 15) is 14.4 Å². The van der Waals surface area contributed by atoms with E-state index in [4.69, 9.17) is 10.00 Å². The predicted molar refractivity (Wildman–Crippen MR) is 76.2 cm³/mol. The zero-order chi connectivity index (χ0) is 16.5. The molecular weight excluding hydrogens is 288 g/mol. The summed E-state index contributed by atoms with van der Waals surface area (Å²) >= 11 is 0. The highest BCUT2D eigenvalue weighted by Crippen LogP contribution is 2.10. The number of rotatable bonds is 4. The lowest BCUT2D eigenvalue weighted by Crippen LogP contribution is -2.50. The van der Waals surface area contributed by atoms with Crippen molar-refractivity contribution in [2.24, 2.45) is 0 Å². The lowest BCUT2D eigenvalue weighted by atomic mass is 10.2. The second-order valence-electron chi connectivity index (χ2n) is 4.56. The van der Waals surface area contributed by atoms with Gasteiger partial charge in [0, 0.05) is 6.04 Å². The van der Waals surface area contributed by atoms with E-state index in [1.807, 2.05) is 11.5 Å². The molecule has 0 radical (unpaired) electrons. The Bertz CT molecular complexity index is 590. The fraction of sp³-hybridized carbons (Fsp3) is 0.286. The number of carbonyl (C=O) groups is 3. The maximum Gasteiger partial charge on any atom is 0.327 e. The molecule has 0 fully saturated rings. The highest BCUT2D eigenvalue weighted by Gasteiger charge is 2.14. The summed E-state index contributed by atoms with van der Waals surface area (Å²) in [6, 6.07) is 7.95. The second kappa shape index (κ2) is 8.26. The van der Waals surface area contributed by atoms with Crippen LogP contribution in [0.1, 0.15) is 19.4 Å². The molecule has 0 saturated carbocycles. The third kappa shape index (κ3) is 5.92. The molecule has 0 unspecified atom stereocenters. The average Bonchev–Trinajstić information content (AvgIpc) is 2.50. The normalized spacial score (nSPS) is 9.55. The molecule has 1 aromatic carbocycles. The van der Waals surface area contributed by atoms with Crippen LogP contribution in [-0.2, 0) is 14.4 Å². The van der Waals surface area contributed by atoms with Gasteiger partial charge in [-0.1, -0.05) is 0 Å². The van der Waals surface area contributed by atoms with Crippen molar-refractivity contribution >= 4 is 17.7 Å². The van der Waals surface area contributed by atoms with Gasteiger partial charge in [0.25, 0.3) is 5.91 Å². The first-order valence-corrected chi connectivity index (χ1v) is 6.45. The maximum absolute atomic E-state index is 11.5. The summed E-state index contributed by atoms with van der Waals surface area (Å²) in [5, 5.41) is 11.0. The smallest absolute Gasteiger partial charge is 0.327 e. The van der Waals surface area contributed by atoms with E-state index in [0.29, 0.717) is 11.3 Å². The number of hydrogen-bond acceptors (Lipinski definition) is 5. The van der Waals surface area contributed by atoms with E-state index in [0.717, 1.165) is 0 Å². The molecule has 0 spiro atoms. The first kappa shape index (κ1) is 17.0. The van der Waals surface area contributed by atoms with Gasteiger partial charge in [-0.3, -0.25) is 25.2 Å². The Morgan fingerprint density at radius 1 is 1.14 bits per heavy atom. The molecule has 1 aromatic rings. The summed E-state index contributed by atoms with van der Waals surface area (Å²) in [6.07, 6.45) is 0. The number of ether oxygens (including phenoxy) is 1. The predicted octanol–water partition coefficient (Wildman–Crippen LogP) is -0.391. The van der Waals surface area contributed by atoms with Crippen molar-refractivity contribution in [3.8, 4) is 11.8 Å². The summed E-state index contributed by atoms with van der Waals surface area (Å²) in [5.41, 5.74) is 4.49. The fourth-order valence-electron chi connectivity index (χ4n) is 1.32. The van der Waals surface area contributed by atoms with E-state index >= 15 is 0 Å². The van der Waals surface area contributed by atoms with Gasteiger partial charge in [0.15, 0.2) is 6.61 Å². The summed E-state index contributed by atoms with van der Waals surface area (Å²) in [4.78, 5) is 34.0. The second-order valence-corrected chi connectivity index (χ2v) is 4.56. The zero-order valence-electron chi connectivity index (χ0n) is 12.2. The molecule has 22 heavy (non-hydrogen) atoms. The number of nitriles is 1. The Labute approximate surface area is 127 Å². The van der Waals surface area contributed by atoms with Crippen molar-refractivity contribution in [2.45, 2.75) is 19.9 Å². The fourth-order valence-corrected chi connectivity index (χ4v) is 1.32. The van der Waals surface area contributed by atoms with Crippen molar-refractivity contribution in [2.75, 3.05) is 6.61 Å². The number of amides is 3. The third-order valence-electron chi connectivity index (χ3n) is 2.29. The van der Waals surface area contributed by atoms with Crippen LogP contribution in [0.3, 0.4) is 0 Å². The van der Waals surface area contributed by atoms with Crippen LogP contribution in [0.25, 0.3) is 0 Å². The molecule has 0 aliphatic rings. The molecule has 0 atom stereocenters. The molecule has 8 nitrogen and oxygen atoms in total. The van der Waals surface area contributed by atoms with Gasteiger partial charge < -0.3 is 10.1 Å². The molecule has 0 bridgehead atoms. The van der Waals surface area contributed by atoms with Gasteiger partial charge in [0.1, 0.15) is 5.75 Å². The molecule has 3 N–H and O–H groups in total. The first-order chi connectivity index (χ1) is 10.4. The lowest BCUT2D eigenvalue weighted by molar-refractivity contribution is -0.141. The Kier molecular flexibility index (Phi) is 6.37. The highest BCUT2D eigenvalue weighted by molar-refractivity contribution is 6.35. The van der Waals surface area contributed by atoms with Crippen LogP contribution in [0.15, 0.2) is 24.3 Å². The molecule has 1 rings (SSSR count). The first-order valence-electron chi connectivity index (χ1n) is 6.45. The van der Waals surface area contributed by atoms with E-state index < -0.39 is 17.7 Å². The molecule has 0 heterocycles. The summed E-state index contributed by atoms with van der Waals surface area (Å²) < 4.78 is 5.15. The highest BCUT2D eigenvalue weighted by atomic mass is 16.5. The molecule has 0 saturated heterocycles. The Balaban J connectivity index is 2.32. The van der Waals surface area contributed by atoms with E-state index in [2.05, 4.69) is 10.7 Å². The van der Waals surface area contributed by atoms with E-state index in [1.54, 1.807) is 38.1 Å². The monoisotopic (exact) mass is 304 g/mol. The Morgan fingerprint density at radius 2 is 1.77 bits per heavy atom. The quantitative estimate of drug-likeness (QED) is 0.517. The van der Waals surface area contributed by atoms with Crippen molar-refractivity contribution < 1.29 is 19.1 Å². The molecular formula is C14H16N4O4. The van der Waals surface area contributed by atoms with Crippen LogP contribution < -0.4 is 20.9 Å². The standard InChI is InChI=1S/C14H16N4O4/c1-9(2)16-13(20)14(21)18-17-12(19)8-22-11-5-3-10(7-15)4-6-11/h3-6,9H,8H2,1-2H3,(H,16,20)(H,17,19)(H,18,21). The molecule has 8 heteroatoms. The number of hydrazine groups is 1. The van der Waals surface area contributed by atoms with Crippen LogP contribution in [0.5, 0.6) is 5.75 Å². The summed E-state index contributed by atoms with van der Waals surface area (Å²) in [5.74, 6) is -2.04. The van der Waals surface area contributed by atoms with Crippen molar-refractivity contribution in [1.29, 1.82) is 5.26 Å². The molecule has 116 valence electrons. The third-order valence-corrected chi connectivity index (χ3v) is 2.29. The lowest BCUT2D eigenvalue weighted by Gasteiger charge is -2.10. The van der Waals surface area contributed by atoms with Gasteiger partial charge in [0.2, 0.25) is 0 Å². The zero-order valence-corrected chi connectivity index (χ0v) is 12.2. The SMILES string of the molecule is CC(C)NC(=O)C(=O)NNC(=O)COc1ccc(C#N)cc1. The maximum atomic E-state index is 11.5. The van der Waals surface area contributed by atoms with E-state index in [1.165, 1.54) is 0 Å². The average molecular weight is 304 g/mol. The van der Waals surface area contributed by atoms with Gasteiger partial charge in [-0.25, -0.2) is 0 Å². The minimum absolute atomic E-state index is 0.186. The topological polar surface area (TPSA) is 120 Å². The van der Waals surface area contributed by atoms with Crippen molar-refractivity contribution in [1.82, 2.24) is 16.2 Å². The van der Waals surface area contributed by atoms with E-state index in [-0.39, 0.29) is 12.6 Å².